The summed E-state index contributed by atoms with van der Waals surface area (Å²) in [7, 11) is 0.881. The van der Waals surface area contributed by atoms with E-state index in [0.717, 1.165) is 13.2 Å². The minimum absolute atomic E-state index is 0.323. The molecule has 0 aromatic carbocycles. The van der Waals surface area contributed by atoms with Crippen molar-refractivity contribution >= 4 is 15.9 Å². The van der Waals surface area contributed by atoms with Gasteiger partial charge in [0.05, 0.1) is 12.7 Å². The Bertz CT molecular complexity index is 393. The molecule has 1 aromatic heterocycles. The van der Waals surface area contributed by atoms with E-state index in [-0.39, 0.29) is 4.60 Å². The molecule has 0 spiro atoms. The van der Waals surface area contributed by atoms with Gasteiger partial charge in [-0.3, -0.25) is 0 Å². The van der Waals surface area contributed by atoms with Crippen LogP contribution in [0.3, 0.4) is 0 Å². The van der Waals surface area contributed by atoms with Crippen LogP contribution in [0.25, 0.3) is 0 Å². The molecule has 1 aromatic rings. The van der Waals surface area contributed by atoms with Crippen LogP contribution in [0, 0.1) is 0 Å². The Morgan fingerprint density at radius 1 is 1.38 bits per heavy atom. The number of hydrogen-bond donors (Lipinski definition) is 0. The summed E-state index contributed by atoms with van der Waals surface area (Å²) in [5.74, 6) is -0.953. The number of halogens is 6. The van der Waals surface area contributed by atoms with Gasteiger partial charge in [-0.15, -0.1) is 0 Å². The SMILES string of the molecule is COc1c(C(F)F)cc(Br)nc1C(F)(F)F. The first-order valence-electron chi connectivity index (χ1n) is 3.87. The van der Waals surface area contributed by atoms with Crippen molar-refractivity contribution in [1.29, 1.82) is 0 Å². The van der Waals surface area contributed by atoms with Crippen molar-refractivity contribution in [2.45, 2.75) is 12.6 Å². The van der Waals surface area contributed by atoms with Crippen molar-refractivity contribution in [3.8, 4) is 5.75 Å². The maximum Gasteiger partial charge on any atom is 0.437 e. The summed E-state index contributed by atoms with van der Waals surface area (Å²) in [6.07, 6.45) is -7.92. The van der Waals surface area contributed by atoms with E-state index in [4.69, 9.17) is 0 Å². The van der Waals surface area contributed by atoms with Gasteiger partial charge in [0.25, 0.3) is 6.43 Å². The van der Waals surface area contributed by atoms with Crippen molar-refractivity contribution in [2.75, 3.05) is 7.11 Å². The lowest BCUT2D eigenvalue weighted by Crippen LogP contribution is -2.12. The van der Waals surface area contributed by atoms with E-state index in [1.54, 1.807) is 0 Å². The van der Waals surface area contributed by atoms with Gasteiger partial charge < -0.3 is 4.74 Å². The first-order chi connectivity index (χ1) is 7.27. The lowest BCUT2D eigenvalue weighted by atomic mass is 10.2. The molecule has 0 radical (unpaired) electrons. The predicted molar refractivity (Wildman–Crippen MR) is 48.4 cm³/mol. The fourth-order valence-corrected chi connectivity index (χ4v) is 1.51. The van der Waals surface area contributed by atoms with E-state index < -0.39 is 29.6 Å². The van der Waals surface area contributed by atoms with Crippen LogP contribution in [0.2, 0.25) is 0 Å². The first kappa shape index (κ1) is 13.1. The van der Waals surface area contributed by atoms with E-state index in [2.05, 4.69) is 25.7 Å². The molecule has 0 atom stereocenters. The Morgan fingerprint density at radius 3 is 2.31 bits per heavy atom. The minimum atomic E-state index is -4.85. The molecule has 0 aliphatic heterocycles. The fourth-order valence-electron chi connectivity index (χ4n) is 1.09. The van der Waals surface area contributed by atoms with E-state index in [9.17, 15) is 22.0 Å². The molecule has 1 rings (SSSR count). The highest BCUT2D eigenvalue weighted by Gasteiger charge is 2.39. The molecule has 0 amide bonds. The maximum atomic E-state index is 12.5. The second-order valence-corrected chi connectivity index (χ2v) is 3.53. The molecule has 90 valence electrons. The van der Waals surface area contributed by atoms with Crippen LogP contribution in [-0.2, 0) is 6.18 Å². The molecule has 0 aliphatic rings. The van der Waals surface area contributed by atoms with E-state index in [1.807, 2.05) is 0 Å². The van der Waals surface area contributed by atoms with Crippen LogP contribution in [-0.4, -0.2) is 12.1 Å². The monoisotopic (exact) mass is 305 g/mol. The van der Waals surface area contributed by atoms with Gasteiger partial charge in [0.15, 0.2) is 11.4 Å². The van der Waals surface area contributed by atoms with E-state index >= 15 is 0 Å². The summed E-state index contributed by atoms with van der Waals surface area (Å²) >= 11 is 2.64. The van der Waals surface area contributed by atoms with Crippen LogP contribution in [0.15, 0.2) is 10.7 Å². The quantitative estimate of drug-likeness (QED) is 0.612. The van der Waals surface area contributed by atoms with Crippen LogP contribution in [0.4, 0.5) is 22.0 Å². The molecule has 0 saturated heterocycles. The fraction of sp³-hybridized carbons (Fsp3) is 0.375. The third kappa shape index (κ3) is 2.60. The molecule has 8 heteroatoms. The molecule has 2 nitrogen and oxygen atoms in total. The van der Waals surface area contributed by atoms with Gasteiger partial charge in [0.2, 0.25) is 0 Å². The third-order valence-corrected chi connectivity index (χ3v) is 2.08. The Labute approximate surface area is 95.6 Å². The number of aromatic nitrogens is 1. The topological polar surface area (TPSA) is 22.1 Å². The number of alkyl halides is 5. The summed E-state index contributed by atoms with van der Waals surface area (Å²) in [6, 6.07) is 0.790. The Morgan fingerprint density at radius 2 is 1.94 bits per heavy atom. The highest BCUT2D eigenvalue weighted by molar-refractivity contribution is 9.10. The Balaban J connectivity index is 3.49. The Kier molecular flexibility index (Phi) is 3.72. The van der Waals surface area contributed by atoms with E-state index in [1.165, 1.54) is 0 Å². The lowest BCUT2D eigenvalue weighted by Gasteiger charge is -2.14. The average Bonchev–Trinajstić information content (AvgIpc) is 2.14. The standard InChI is InChI=1S/C8H5BrF5NO/c1-16-5-3(7(10)11)2-4(9)15-6(5)8(12,13)14/h2,7H,1H3. The molecule has 0 unspecified atom stereocenters. The van der Waals surface area contributed by atoms with Crippen molar-refractivity contribution in [2.24, 2.45) is 0 Å². The van der Waals surface area contributed by atoms with Crippen LogP contribution >= 0.6 is 15.9 Å². The lowest BCUT2D eigenvalue weighted by molar-refractivity contribution is -0.142. The number of rotatable bonds is 2. The predicted octanol–water partition coefficient (Wildman–Crippen LogP) is 3.81. The smallest absolute Gasteiger partial charge is 0.437 e. The molecule has 0 aliphatic carbocycles. The summed E-state index contributed by atoms with van der Waals surface area (Å²) in [6.45, 7) is 0. The van der Waals surface area contributed by atoms with Gasteiger partial charge in [-0.1, -0.05) is 0 Å². The van der Waals surface area contributed by atoms with Crippen molar-refractivity contribution < 1.29 is 26.7 Å². The van der Waals surface area contributed by atoms with Crippen LogP contribution in [0.5, 0.6) is 5.75 Å². The zero-order chi connectivity index (χ0) is 12.5. The average molecular weight is 306 g/mol. The summed E-state index contributed by atoms with van der Waals surface area (Å²) in [4.78, 5) is 3.09. The van der Waals surface area contributed by atoms with Crippen LogP contribution < -0.4 is 4.74 Å². The molecule has 16 heavy (non-hydrogen) atoms. The number of ether oxygens (including phenoxy) is 1. The third-order valence-electron chi connectivity index (χ3n) is 1.68. The molecular formula is C8H5BrF5NO. The second-order valence-electron chi connectivity index (χ2n) is 2.71. The second kappa shape index (κ2) is 4.52. The number of pyridine rings is 1. The molecule has 0 saturated carbocycles. The summed E-state index contributed by atoms with van der Waals surface area (Å²) in [5.41, 5.74) is -2.32. The molecule has 0 bridgehead atoms. The largest absolute Gasteiger partial charge is 0.494 e. The van der Waals surface area contributed by atoms with Crippen molar-refractivity contribution in [1.82, 2.24) is 4.98 Å². The van der Waals surface area contributed by atoms with Crippen LogP contribution in [0.1, 0.15) is 17.7 Å². The van der Waals surface area contributed by atoms with Gasteiger partial charge in [-0.2, -0.15) is 13.2 Å². The molecule has 0 fully saturated rings. The molecule has 1 heterocycles. The van der Waals surface area contributed by atoms with E-state index in [0.29, 0.717) is 0 Å². The first-order valence-corrected chi connectivity index (χ1v) is 4.66. The highest BCUT2D eigenvalue weighted by Crippen LogP contribution is 2.41. The minimum Gasteiger partial charge on any atom is -0.494 e. The van der Waals surface area contributed by atoms with Gasteiger partial charge >= 0.3 is 6.18 Å². The van der Waals surface area contributed by atoms with Crippen molar-refractivity contribution in [3.05, 3.63) is 21.9 Å². The highest BCUT2D eigenvalue weighted by atomic mass is 79.9. The molecular weight excluding hydrogens is 301 g/mol. The molecule has 0 N–H and O–H groups in total. The number of nitrogens with zero attached hydrogens (tertiary/aromatic N) is 1. The number of methoxy groups -OCH3 is 1. The normalized spacial score (nSPS) is 12.0. The van der Waals surface area contributed by atoms with Gasteiger partial charge in [-0.05, 0) is 22.0 Å². The zero-order valence-corrected chi connectivity index (χ0v) is 9.36. The van der Waals surface area contributed by atoms with Gasteiger partial charge in [-0.25, -0.2) is 13.8 Å². The maximum absolute atomic E-state index is 12.5. The number of hydrogen-bond acceptors (Lipinski definition) is 2. The zero-order valence-electron chi connectivity index (χ0n) is 7.78. The Hall–Kier alpha value is -0.920. The van der Waals surface area contributed by atoms with Gasteiger partial charge in [0.1, 0.15) is 4.60 Å². The summed E-state index contributed by atoms with van der Waals surface area (Å²) < 4.78 is 66.3. The van der Waals surface area contributed by atoms with Crippen molar-refractivity contribution in [3.63, 3.8) is 0 Å². The van der Waals surface area contributed by atoms with Gasteiger partial charge in [0, 0.05) is 0 Å². The summed E-state index contributed by atoms with van der Waals surface area (Å²) in [5, 5.41) is 0.